The molecule has 1 aliphatic carbocycles. The van der Waals surface area contributed by atoms with E-state index in [-0.39, 0.29) is 12.3 Å². The summed E-state index contributed by atoms with van der Waals surface area (Å²) < 4.78 is 4.15. The quantitative estimate of drug-likeness (QED) is 0.764. The highest BCUT2D eigenvalue weighted by atomic mass is 32.1. The van der Waals surface area contributed by atoms with Crippen molar-refractivity contribution in [2.24, 2.45) is 0 Å². The highest BCUT2D eigenvalue weighted by molar-refractivity contribution is 7.06. The molecular formula is C10H13NO2S. The highest BCUT2D eigenvalue weighted by Crippen LogP contribution is 2.35. The van der Waals surface area contributed by atoms with Crippen LogP contribution in [0.2, 0.25) is 0 Å². The van der Waals surface area contributed by atoms with Crippen LogP contribution in [0.4, 0.5) is 0 Å². The first kappa shape index (κ1) is 9.65. The Bertz CT molecular complexity index is 335. The molecule has 0 saturated heterocycles. The molecule has 1 unspecified atom stereocenters. The van der Waals surface area contributed by atoms with E-state index < -0.39 is 5.97 Å². The van der Waals surface area contributed by atoms with Gasteiger partial charge in [-0.1, -0.05) is 6.42 Å². The Kier molecular flexibility index (Phi) is 2.82. The van der Waals surface area contributed by atoms with Crippen molar-refractivity contribution >= 4 is 17.5 Å². The van der Waals surface area contributed by atoms with Crippen LogP contribution in [0.25, 0.3) is 0 Å². The summed E-state index contributed by atoms with van der Waals surface area (Å²) in [6, 6.07) is 0. The number of fused-ring (bicyclic) bond motifs is 1. The second-order valence-electron chi connectivity index (χ2n) is 3.76. The number of carboxylic acids is 1. The summed E-state index contributed by atoms with van der Waals surface area (Å²) in [5, 5.41) is 8.80. The molecule has 0 aromatic carbocycles. The van der Waals surface area contributed by atoms with Gasteiger partial charge in [-0.2, -0.15) is 0 Å². The van der Waals surface area contributed by atoms with Crippen molar-refractivity contribution in [2.45, 2.75) is 38.0 Å². The van der Waals surface area contributed by atoms with E-state index in [1.807, 2.05) is 6.20 Å². The van der Waals surface area contributed by atoms with Crippen molar-refractivity contribution < 1.29 is 9.90 Å². The molecule has 0 amide bonds. The van der Waals surface area contributed by atoms with E-state index in [9.17, 15) is 4.79 Å². The second kappa shape index (κ2) is 4.09. The first-order valence-corrected chi connectivity index (χ1v) is 5.70. The number of nitrogens with zero attached hydrogens (tertiary/aromatic N) is 1. The number of hydrogen-bond donors (Lipinski definition) is 1. The van der Waals surface area contributed by atoms with Gasteiger partial charge in [-0.25, -0.2) is 4.37 Å². The number of carboxylic acid groups (broad SMARTS) is 1. The number of rotatable bonds is 2. The van der Waals surface area contributed by atoms with E-state index in [0.29, 0.717) is 0 Å². The first-order chi connectivity index (χ1) is 6.77. The average Bonchev–Trinajstić information content (AvgIpc) is 2.51. The smallest absolute Gasteiger partial charge is 0.303 e. The van der Waals surface area contributed by atoms with Gasteiger partial charge in [-0.15, -0.1) is 0 Å². The van der Waals surface area contributed by atoms with Gasteiger partial charge in [0.1, 0.15) is 0 Å². The van der Waals surface area contributed by atoms with E-state index in [1.54, 1.807) is 0 Å². The van der Waals surface area contributed by atoms with Crippen molar-refractivity contribution in [3.63, 3.8) is 0 Å². The van der Waals surface area contributed by atoms with Crippen LogP contribution in [0.1, 0.15) is 42.0 Å². The third-order valence-corrected chi connectivity index (χ3v) is 3.72. The summed E-state index contributed by atoms with van der Waals surface area (Å²) in [5.41, 5.74) is 1.28. The Balaban J connectivity index is 2.21. The van der Waals surface area contributed by atoms with Crippen molar-refractivity contribution in [3.8, 4) is 0 Å². The Morgan fingerprint density at radius 2 is 2.50 bits per heavy atom. The molecule has 0 spiro atoms. The zero-order valence-corrected chi connectivity index (χ0v) is 8.72. The lowest BCUT2D eigenvalue weighted by molar-refractivity contribution is -0.137. The third kappa shape index (κ3) is 1.95. The van der Waals surface area contributed by atoms with Gasteiger partial charge in [0.15, 0.2) is 0 Å². The highest BCUT2D eigenvalue weighted by Gasteiger charge is 2.22. The van der Waals surface area contributed by atoms with Gasteiger partial charge in [0.25, 0.3) is 0 Å². The van der Waals surface area contributed by atoms with Crippen LogP contribution in [0.3, 0.4) is 0 Å². The lowest BCUT2D eigenvalue weighted by atomic mass is 9.98. The molecule has 1 aromatic rings. The van der Waals surface area contributed by atoms with Crippen LogP contribution in [0.5, 0.6) is 0 Å². The van der Waals surface area contributed by atoms with Gasteiger partial charge in [0.05, 0.1) is 6.42 Å². The fourth-order valence-electron chi connectivity index (χ4n) is 2.04. The summed E-state index contributed by atoms with van der Waals surface area (Å²) in [6.07, 6.45) is 6.54. The maximum Gasteiger partial charge on any atom is 0.303 e. The molecule has 1 N–H and O–H groups in total. The minimum absolute atomic E-state index is 0.206. The molecule has 4 heteroatoms. The van der Waals surface area contributed by atoms with Crippen LogP contribution in [0, 0.1) is 0 Å². The summed E-state index contributed by atoms with van der Waals surface area (Å²) >= 11 is 1.48. The van der Waals surface area contributed by atoms with Crippen LogP contribution in [-0.4, -0.2) is 15.4 Å². The number of aromatic nitrogens is 1. The minimum Gasteiger partial charge on any atom is -0.481 e. The number of hydrogen-bond acceptors (Lipinski definition) is 3. The van der Waals surface area contributed by atoms with Crippen LogP contribution < -0.4 is 0 Å². The van der Waals surface area contributed by atoms with Crippen LogP contribution in [-0.2, 0) is 11.2 Å². The van der Waals surface area contributed by atoms with E-state index in [2.05, 4.69) is 4.37 Å². The van der Waals surface area contributed by atoms with Crippen molar-refractivity contribution in [1.82, 2.24) is 4.37 Å². The lowest BCUT2D eigenvalue weighted by Gasteiger charge is -2.10. The molecule has 0 saturated carbocycles. The molecule has 0 bridgehead atoms. The molecule has 3 nitrogen and oxygen atoms in total. The summed E-state index contributed by atoms with van der Waals surface area (Å²) in [7, 11) is 0. The lowest BCUT2D eigenvalue weighted by Crippen LogP contribution is -2.05. The molecule has 14 heavy (non-hydrogen) atoms. The number of aliphatic carboxylic acids is 1. The van der Waals surface area contributed by atoms with Crippen molar-refractivity contribution in [1.29, 1.82) is 0 Å². The molecule has 76 valence electrons. The van der Waals surface area contributed by atoms with E-state index in [4.69, 9.17) is 5.11 Å². The average molecular weight is 211 g/mol. The first-order valence-electron chi connectivity index (χ1n) is 4.92. The second-order valence-corrected chi connectivity index (χ2v) is 4.59. The van der Waals surface area contributed by atoms with Crippen LogP contribution >= 0.6 is 11.5 Å². The predicted octanol–water partition coefficient (Wildman–Crippen LogP) is 2.43. The molecule has 1 aromatic heterocycles. The van der Waals surface area contributed by atoms with Gasteiger partial charge in [0.2, 0.25) is 0 Å². The Labute approximate surface area is 86.9 Å². The Hall–Kier alpha value is -0.900. The maximum atomic E-state index is 10.7. The van der Waals surface area contributed by atoms with Crippen molar-refractivity contribution in [2.75, 3.05) is 0 Å². The minimum atomic E-state index is -0.698. The summed E-state index contributed by atoms with van der Waals surface area (Å²) in [5.74, 6) is -0.492. The maximum absolute atomic E-state index is 10.7. The van der Waals surface area contributed by atoms with E-state index in [0.717, 1.165) is 19.3 Å². The van der Waals surface area contributed by atoms with Gasteiger partial charge in [-0.3, -0.25) is 4.79 Å². The van der Waals surface area contributed by atoms with Gasteiger partial charge >= 0.3 is 5.97 Å². The SMILES string of the molecule is O=C(O)CC1CCCCc2cnsc21. The van der Waals surface area contributed by atoms with Crippen LogP contribution in [0.15, 0.2) is 6.20 Å². The molecule has 0 radical (unpaired) electrons. The van der Waals surface area contributed by atoms with Crippen molar-refractivity contribution in [3.05, 3.63) is 16.6 Å². The van der Waals surface area contributed by atoms with E-state index in [1.165, 1.54) is 28.4 Å². The molecule has 0 aliphatic heterocycles. The summed E-state index contributed by atoms with van der Waals surface area (Å²) in [4.78, 5) is 11.9. The topological polar surface area (TPSA) is 50.2 Å². The molecule has 2 rings (SSSR count). The number of carbonyl (C=O) groups is 1. The molecule has 0 fully saturated rings. The Morgan fingerprint density at radius 1 is 1.64 bits per heavy atom. The zero-order valence-electron chi connectivity index (χ0n) is 7.90. The molecule has 1 atom stereocenters. The fourth-order valence-corrected chi connectivity index (χ4v) is 2.95. The zero-order chi connectivity index (χ0) is 9.97. The standard InChI is InChI=1S/C10H13NO2S/c12-9(13)5-7-3-1-2-4-8-6-11-14-10(7)8/h6-7H,1-5H2,(H,12,13). The summed E-state index contributed by atoms with van der Waals surface area (Å²) in [6.45, 7) is 0. The third-order valence-electron chi connectivity index (χ3n) is 2.72. The fraction of sp³-hybridized carbons (Fsp3) is 0.600. The van der Waals surface area contributed by atoms with Gasteiger partial charge in [-0.05, 0) is 36.4 Å². The van der Waals surface area contributed by atoms with Gasteiger partial charge < -0.3 is 5.11 Å². The molecular weight excluding hydrogens is 198 g/mol. The number of aryl methyl sites for hydroxylation is 1. The van der Waals surface area contributed by atoms with Gasteiger partial charge in [0, 0.05) is 17.0 Å². The monoisotopic (exact) mass is 211 g/mol. The predicted molar refractivity (Wildman–Crippen MR) is 54.7 cm³/mol. The molecule has 1 aliphatic rings. The molecule has 1 heterocycles. The van der Waals surface area contributed by atoms with E-state index >= 15 is 0 Å². The largest absolute Gasteiger partial charge is 0.481 e. The normalized spacial score (nSPS) is 21.3. The Morgan fingerprint density at radius 3 is 3.29 bits per heavy atom.